The molecule has 0 atom stereocenters. The molecule has 0 aliphatic heterocycles. The van der Waals surface area contributed by atoms with Gasteiger partial charge in [0.25, 0.3) is 5.24 Å². The molecule has 0 aliphatic rings. The highest BCUT2D eigenvalue weighted by Crippen LogP contribution is 2.33. The summed E-state index contributed by atoms with van der Waals surface area (Å²) in [6.45, 7) is 0. The van der Waals surface area contributed by atoms with Crippen molar-refractivity contribution in [2.45, 2.75) is 6.18 Å². The molecule has 0 saturated heterocycles. The number of aromatic nitrogens is 2. The fourth-order valence-electron chi connectivity index (χ4n) is 1.43. The van der Waals surface area contributed by atoms with Crippen LogP contribution in [0.2, 0.25) is 5.15 Å². The van der Waals surface area contributed by atoms with E-state index in [0.717, 1.165) is 0 Å². The van der Waals surface area contributed by atoms with Crippen LogP contribution in [0.4, 0.5) is 24.8 Å². The Balaban J connectivity index is 2.20. The van der Waals surface area contributed by atoms with E-state index in [1.54, 1.807) is 0 Å². The van der Waals surface area contributed by atoms with Gasteiger partial charge in [0.2, 0.25) is 5.95 Å². The van der Waals surface area contributed by atoms with Crippen molar-refractivity contribution in [2.75, 3.05) is 5.32 Å². The third-order valence-electron chi connectivity index (χ3n) is 2.42. The molecule has 0 aliphatic carbocycles. The molecule has 0 bridgehead atoms. The fraction of sp³-hybridized carbons (Fsp3) is 0.0833. The molecule has 2 rings (SSSR count). The average molecular weight is 336 g/mol. The van der Waals surface area contributed by atoms with E-state index in [0.29, 0.717) is 11.9 Å². The van der Waals surface area contributed by atoms with E-state index in [9.17, 15) is 18.0 Å². The molecule has 0 radical (unpaired) electrons. The molecule has 0 spiro atoms. The van der Waals surface area contributed by atoms with Crippen molar-refractivity contribution in [1.29, 1.82) is 0 Å². The van der Waals surface area contributed by atoms with Crippen molar-refractivity contribution < 1.29 is 18.0 Å². The standard InChI is InChI=1S/C12H6Cl2F3N3O/c13-9-8(12(15,16)17)5-18-11(20-9)19-7-3-1-6(2-4-7)10(14)21/h1-5H,(H,18,19,20). The van der Waals surface area contributed by atoms with Gasteiger partial charge in [-0.2, -0.15) is 13.2 Å². The normalized spacial score (nSPS) is 11.3. The van der Waals surface area contributed by atoms with Gasteiger partial charge in [-0.3, -0.25) is 4.79 Å². The van der Waals surface area contributed by atoms with Gasteiger partial charge < -0.3 is 5.32 Å². The van der Waals surface area contributed by atoms with Crippen LogP contribution in [0.5, 0.6) is 0 Å². The Morgan fingerprint density at radius 3 is 2.29 bits per heavy atom. The number of hydrogen-bond donors (Lipinski definition) is 1. The fourth-order valence-corrected chi connectivity index (χ4v) is 1.79. The van der Waals surface area contributed by atoms with E-state index >= 15 is 0 Å². The van der Waals surface area contributed by atoms with Crippen LogP contribution in [0.25, 0.3) is 0 Å². The zero-order chi connectivity index (χ0) is 15.6. The van der Waals surface area contributed by atoms with Gasteiger partial charge in [0.15, 0.2) is 0 Å². The largest absolute Gasteiger partial charge is 0.420 e. The molecule has 1 aromatic carbocycles. The van der Waals surface area contributed by atoms with E-state index in [2.05, 4.69) is 15.3 Å². The number of halogens is 5. The molecule has 1 aromatic heterocycles. The van der Waals surface area contributed by atoms with Gasteiger partial charge in [0, 0.05) is 17.4 Å². The molecule has 4 nitrogen and oxygen atoms in total. The number of nitrogens with one attached hydrogen (secondary N) is 1. The second kappa shape index (κ2) is 5.87. The smallest absolute Gasteiger partial charge is 0.324 e. The lowest BCUT2D eigenvalue weighted by Gasteiger charge is -2.09. The summed E-state index contributed by atoms with van der Waals surface area (Å²) < 4.78 is 37.5. The molecule has 0 unspecified atom stereocenters. The summed E-state index contributed by atoms with van der Waals surface area (Å²) in [5.74, 6) is -0.0991. The second-order valence-corrected chi connectivity index (χ2v) is 4.57. The molecule has 110 valence electrons. The van der Waals surface area contributed by atoms with Crippen molar-refractivity contribution in [1.82, 2.24) is 9.97 Å². The van der Waals surface area contributed by atoms with Crippen molar-refractivity contribution in [3.63, 3.8) is 0 Å². The second-order valence-electron chi connectivity index (χ2n) is 3.87. The molecule has 0 fully saturated rings. The van der Waals surface area contributed by atoms with Crippen LogP contribution in [-0.4, -0.2) is 15.2 Å². The summed E-state index contributed by atoms with van der Waals surface area (Å²) in [5.41, 5.74) is -0.362. The first-order valence-electron chi connectivity index (χ1n) is 5.44. The first-order chi connectivity index (χ1) is 9.77. The molecule has 1 N–H and O–H groups in total. The van der Waals surface area contributed by atoms with Crippen LogP contribution in [0.3, 0.4) is 0 Å². The summed E-state index contributed by atoms with van der Waals surface area (Å²) in [5, 5.41) is 1.34. The molecule has 0 saturated carbocycles. The summed E-state index contributed by atoms with van der Waals surface area (Å²) in [6.07, 6.45) is -4.02. The predicted octanol–water partition coefficient (Wildman–Crippen LogP) is 4.27. The minimum Gasteiger partial charge on any atom is -0.324 e. The van der Waals surface area contributed by atoms with Crippen LogP contribution in [0.15, 0.2) is 30.5 Å². The highest BCUT2D eigenvalue weighted by atomic mass is 35.5. The highest BCUT2D eigenvalue weighted by Gasteiger charge is 2.34. The SMILES string of the molecule is O=C(Cl)c1ccc(Nc2ncc(C(F)(F)F)c(Cl)n2)cc1. The Bertz CT molecular complexity index is 674. The number of nitrogens with zero attached hydrogens (tertiary/aromatic N) is 2. The topological polar surface area (TPSA) is 54.9 Å². The number of carbonyl (C=O) groups is 1. The van der Waals surface area contributed by atoms with Gasteiger partial charge in [0.05, 0.1) is 0 Å². The third-order valence-corrected chi connectivity index (χ3v) is 2.92. The Labute approximate surface area is 126 Å². The quantitative estimate of drug-likeness (QED) is 0.672. The zero-order valence-electron chi connectivity index (χ0n) is 10.1. The van der Waals surface area contributed by atoms with Gasteiger partial charge in [-0.1, -0.05) is 11.6 Å². The van der Waals surface area contributed by atoms with Crippen molar-refractivity contribution in [3.05, 3.63) is 46.7 Å². The summed E-state index contributed by atoms with van der Waals surface area (Å²) in [6, 6.07) is 5.90. The maximum atomic E-state index is 12.5. The number of anilines is 2. The number of rotatable bonds is 3. The van der Waals surface area contributed by atoms with E-state index in [-0.39, 0.29) is 11.5 Å². The molecule has 2 aromatic rings. The lowest BCUT2D eigenvalue weighted by atomic mass is 10.2. The predicted molar refractivity (Wildman–Crippen MR) is 72.0 cm³/mol. The molecular formula is C12H6Cl2F3N3O. The maximum Gasteiger partial charge on any atom is 0.420 e. The van der Waals surface area contributed by atoms with Gasteiger partial charge in [-0.25, -0.2) is 9.97 Å². The Morgan fingerprint density at radius 1 is 1.19 bits per heavy atom. The van der Waals surface area contributed by atoms with Crippen LogP contribution >= 0.6 is 23.2 Å². The Morgan fingerprint density at radius 2 is 1.81 bits per heavy atom. The minimum atomic E-state index is -4.61. The number of hydrogen-bond acceptors (Lipinski definition) is 4. The van der Waals surface area contributed by atoms with Crippen molar-refractivity contribution in [2.24, 2.45) is 0 Å². The molecule has 9 heteroatoms. The molecule has 1 heterocycles. The van der Waals surface area contributed by atoms with E-state index < -0.39 is 22.1 Å². The van der Waals surface area contributed by atoms with E-state index in [4.69, 9.17) is 23.2 Å². The summed E-state index contributed by atoms with van der Waals surface area (Å²) >= 11 is 10.8. The van der Waals surface area contributed by atoms with Crippen LogP contribution < -0.4 is 5.32 Å². The average Bonchev–Trinajstić information content (AvgIpc) is 2.37. The van der Waals surface area contributed by atoms with Gasteiger partial charge in [0.1, 0.15) is 10.7 Å². The molecular weight excluding hydrogens is 330 g/mol. The van der Waals surface area contributed by atoms with Crippen molar-refractivity contribution in [3.8, 4) is 0 Å². The number of carbonyl (C=O) groups excluding carboxylic acids is 1. The first-order valence-corrected chi connectivity index (χ1v) is 6.19. The van der Waals surface area contributed by atoms with Crippen LogP contribution in [0.1, 0.15) is 15.9 Å². The van der Waals surface area contributed by atoms with Crippen LogP contribution in [-0.2, 0) is 6.18 Å². The lowest BCUT2D eigenvalue weighted by molar-refractivity contribution is -0.137. The lowest BCUT2D eigenvalue weighted by Crippen LogP contribution is -2.09. The van der Waals surface area contributed by atoms with E-state index in [1.165, 1.54) is 24.3 Å². The number of alkyl halides is 3. The third kappa shape index (κ3) is 3.83. The zero-order valence-corrected chi connectivity index (χ0v) is 11.6. The highest BCUT2D eigenvalue weighted by molar-refractivity contribution is 6.67. The maximum absolute atomic E-state index is 12.5. The van der Waals surface area contributed by atoms with Gasteiger partial charge in [-0.15, -0.1) is 0 Å². The van der Waals surface area contributed by atoms with Gasteiger partial charge in [-0.05, 0) is 35.9 Å². The van der Waals surface area contributed by atoms with Crippen LogP contribution in [0, 0.1) is 0 Å². The number of benzene rings is 1. The van der Waals surface area contributed by atoms with E-state index in [1.807, 2.05) is 0 Å². The van der Waals surface area contributed by atoms with Gasteiger partial charge >= 0.3 is 6.18 Å². The Hall–Kier alpha value is -1.86. The monoisotopic (exact) mass is 335 g/mol. The van der Waals surface area contributed by atoms with Crippen molar-refractivity contribution >= 4 is 40.1 Å². The summed E-state index contributed by atoms with van der Waals surface area (Å²) in [4.78, 5) is 17.9. The minimum absolute atomic E-state index is 0.0991. The Kier molecular flexibility index (Phi) is 4.34. The first kappa shape index (κ1) is 15.5. The molecule has 0 amide bonds. The molecule has 21 heavy (non-hydrogen) atoms. The summed E-state index contributed by atoms with van der Waals surface area (Å²) in [7, 11) is 0.